The Kier molecular flexibility index (Phi) is 8.48. The summed E-state index contributed by atoms with van der Waals surface area (Å²) < 4.78 is 56.6. The number of nitrogens with one attached hydrogen (secondary N) is 1. The summed E-state index contributed by atoms with van der Waals surface area (Å²) in [5, 5.41) is 15.6. The fourth-order valence-electron chi connectivity index (χ4n) is 4.64. The lowest BCUT2D eigenvalue weighted by molar-refractivity contribution is 0.308. The Bertz CT molecular complexity index is 1710. The molecule has 3 N–H and O–H groups in total. The molecule has 0 radical (unpaired) electrons. The number of benzene rings is 3. The molecule has 10 nitrogen and oxygen atoms in total. The van der Waals surface area contributed by atoms with Crippen LogP contribution < -0.4 is 10.5 Å². The predicted molar refractivity (Wildman–Crippen MR) is 161 cm³/mol. The highest BCUT2D eigenvalue weighted by atomic mass is 35.5. The number of guanidine groups is 1. The third-order valence-corrected chi connectivity index (χ3v) is 8.95. The Morgan fingerprint density at radius 3 is 2.15 bits per heavy atom. The number of hydrazone groups is 1. The number of halogens is 2. The van der Waals surface area contributed by atoms with Gasteiger partial charge in [-0.2, -0.15) is 26.3 Å². The Morgan fingerprint density at radius 2 is 1.54 bits per heavy atom. The van der Waals surface area contributed by atoms with Gasteiger partial charge in [0.2, 0.25) is 5.96 Å². The summed E-state index contributed by atoms with van der Waals surface area (Å²) in [5.74, 6) is -0.265. The van der Waals surface area contributed by atoms with E-state index in [1.807, 2.05) is 42.5 Å². The first-order chi connectivity index (χ1) is 19.5. The quantitative estimate of drug-likeness (QED) is 0.295. The molecule has 0 amide bonds. The van der Waals surface area contributed by atoms with Gasteiger partial charge in [-0.15, -0.1) is 4.40 Å². The van der Waals surface area contributed by atoms with Crippen LogP contribution in [0.1, 0.15) is 29.9 Å². The molecule has 3 aromatic rings. The molecule has 0 spiro atoms. The van der Waals surface area contributed by atoms with Gasteiger partial charge < -0.3 is 5.32 Å². The summed E-state index contributed by atoms with van der Waals surface area (Å²) in [7, 11) is -8.11. The zero-order valence-electron chi connectivity index (χ0n) is 21.5. The molecular formula is C27H26Cl2N6O4S2. The minimum Gasteiger partial charge on any atom is -0.351 e. The van der Waals surface area contributed by atoms with Crippen LogP contribution >= 0.6 is 23.2 Å². The van der Waals surface area contributed by atoms with Gasteiger partial charge in [0, 0.05) is 28.2 Å². The van der Waals surface area contributed by atoms with E-state index in [-0.39, 0.29) is 28.7 Å². The van der Waals surface area contributed by atoms with Crippen molar-refractivity contribution in [1.82, 2.24) is 10.3 Å². The molecular weight excluding hydrogens is 607 g/mol. The first-order valence-corrected chi connectivity index (χ1v) is 16.3. The normalized spacial score (nSPS) is 21.5. The third-order valence-electron chi connectivity index (χ3n) is 6.74. The first kappa shape index (κ1) is 29.2. The molecule has 1 saturated carbocycles. The van der Waals surface area contributed by atoms with Crippen LogP contribution in [0.25, 0.3) is 0 Å². The summed E-state index contributed by atoms with van der Waals surface area (Å²) in [6.07, 6.45) is 2.30. The lowest BCUT2D eigenvalue weighted by Gasteiger charge is -2.35. The second-order valence-corrected chi connectivity index (χ2v) is 13.4. The van der Waals surface area contributed by atoms with E-state index in [0.717, 1.165) is 16.8 Å². The van der Waals surface area contributed by atoms with Crippen molar-refractivity contribution in [3.63, 3.8) is 0 Å². The monoisotopic (exact) mass is 632 g/mol. The van der Waals surface area contributed by atoms with Crippen LogP contribution in [0.2, 0.25) is 10.0 Å². The second-order valence-electron chi connectivity index (χ2n) is 9.72. The summed E-state index contributed by atoms with van der Waals surface area (Å²) >= 11 is 12.1. The van der Waals surface area contributed by atoms with Gasteiger partial charge in [0.1, 0.15) is 0 Å². The number of nitrogens with zero attached hydrogens (tertiary/aromatic N) is 4. The van der Waals surface area contributed by atoms with Gasteiger partial charge in [0.15, 0.2) is 0 Å². The van der Waals surface area contributed by atoms with Gasteiger partial charge in [-0.3, -0.25) is 0 Å². The van der Waals surface area contributed by atoms with E-state index in [1.165, 1.54) is 30.5 Å². The molecule has 1 atom stereocenters. The molecule has 3 aromatic carbocycles. The van der Waals surface area contributed by atoms with Crippen LogP contribution in [0.5, 0.6) is 0 Å². The average Bonchev–Trinajstić information content (AvgIpc) is 3.35. The van der Waals surface area contributed by atoms with Crippen molar-refractivity contribution in [3.8, 4) is 0 Å². The molecule has 2 aliphatic rings. The maximum Gasteiger partial charge on any atom is 0.316 e. The highest BCUT2D eigenvalue weighted by Gasteiger charge is 2.36. The zero-order valence-corrected chi connectivity index (χ0v) is 24.7. The topological polar surface area (TPSA) is 147 Å². The molecule has 1 aliphatic carbocycles. The zero-order chi connectivity index (χ0) is 29.2. The first-order valence-electron chi connectivity index (χ1n) is 12.6. The van der Waals surface area contributed by atoms with Crippen molar-refractivity contribution in [2.45, 2.75) is 29.7 Å². The van der Waals surface area contributed by atoms with Crippen LogP contribution in [0, 0.1) is 5.92 Å². The summed E-state index contributed by atoms with van der Waals surface area (Å²) in [6.45, 7) is 0.326. The van der Waals surface area contributed by atoms with Crippen LogP contribution in [0.4, 0.5) is 0 Å². The molecule has 1 heterocycles. The van der Waals surface area contributed by atoms with Crippen molar-refractivity contribution in [1.29, 1.82) is 0 Å². The fourth-order valence-corrected chi connectivity index (χ4v) is 6.19. The Labute approximate surface area is 248 Å². The smallest absolute Gasteiger partial charge is 0.316 e. The van der Waals surface area contributed by atoms with Crippen LogP contribution in [-0.4, -0.2) is 52.3 Å². The maximum atomic E-state index is 13.4. The SMILES string of the molecule is NS(=O)(=O)/N=C/C1CC(N/C(=N\S(=O)(=O)c2ccc(Cl)cc2)N2C[C@H](c3ccccc3)C(c3ccc(Cl)cc3)=N2)C1. The molecule has 0 bridgehead atoms. The van der Waals surface area contributed by atoms with E-state index in [0.29, 0.717) is 29.4 Å². The maximum absolute atomic E-state index is 13.4. The van der Waals surface area contributed by atoms with E-state index in [4.69, 9.17) is 33.4 Å². The molecule has 0 unspecified atom stereocenters. The summed E-state index contributed by atoms with van der Waals surface area (Å²) in [6, 6.07) is 22.6. The van der Waals surface area contributed by atoms with E-state index in [1.54, 1.807) is 17.1 Å². The molecule has 0 aromatic heterocycles. The standard InChI is InChI=1S/C27H26Cl2N6O4S2/c28-21-8-6-20(7-9-21)26-25(19-4-2-1-3-5-19)17-35(33-26)27(32-23-14-18(15-23)16-31-41(30,38)39)34-40(36,37)24-12-10-22(29)11-13-24/h1-13,16,18,23,25H,14-15,17H2,(H,32,34)(H2,30,38,39)/b31-16+/t18?,23?,25-/m1/s1. The third kappa shape index (κ3) is 7.32. The van der Waals surface area contributed by atoms with Crippen molar-refractivity contribution in [3.05, 3.63) is 100 Å². The second kappa shape index (κ2) is 11.9. The number of hydrogen-bond acceptors (Lipinski definition) is 5. The minimum atomic E-state index is -4.14. The molecule has 1 fully saturated rings. The minimum absolute atomic E-state index is 0.0197. The van der Waals surface area contributed by atoms with Crippen LogP contribution in [-0.2, 0) is 20.2 Å². The number of sulfonamides is 1. The van der Waals surface area contributed by atoms with E-state index in [2.05, 4.69) is 14.1 Å². The summed E-state index contributed by atoms with van der Waals surface area (Å²) in [5.41, 5.74) is 2.58. The van der Waals surface area contributed by atoms with Crippen LogP contribution in [0.3, 0.4) is 0 Å². The molecule has 5 rings (SSSR count). The largest absolute Gasteiger partial charge is 0.351 e. The Balaban J connectivity index is 1.50. The highest BCUT2D eigenvalue weighted by Crippen LogP contribution is 2.31. The molecule has 1 aliphatic heterocycles. The Morgan fingerprint density at radius 1 is 0.927 bits per heavy atom. The average molecular weight is 634 g/mol. The molecule has 214 valence electrons. The van der Waals surface area contributed by atoms with Crippen molar-refractivity contribution in [2.75, 3.05) is 6.54 Å². The van der Waals surface area contributed by atoms with Gasteiger partial charge in [-0.05, 0) is 66.3 Å². The molecule has 0 saturated heterocycles. The van der Waals surface area contributed by atoms with Crippen molar-refractivity contribution >= 4 is 61.3 Å². The van der Waals surface area contributed by atoms with Gasteiger partial charge in [-0.25, -0.2) is 10.1 Å². The van der Waals surface area contributed by atoms with E-state index in [9.17, 15) is 16.8 Å². The van der Waals surface area contributed by atoms with E-state index >= 15 is 0 Å². The lowest BCUT2D eigenvalue weighted by Crippen LogP contribution is -2.50. The molecule has 14 heteroatoms. The summed E-state index contributed by atoms with van der Waals surface area (Å²) in [4.78, 5) is -0.0197. The van der Waals surface area contributed by atoms with Gasteiger partial charge in [0.25, 0.3) is 10.0 Å². The number of hydrogen-bond donors (Lipinski definition) is 2. The number of nitrogens with two attached hydrogens (primary N) is 1. The van der Waals surface area contributed by atoms with Crippen molar-refractivity contribution < 1.29 is 16.8 Å². The molecule has 41 heavy (non-hydrogen) atoms. The van der Waals surface area contributed by atoms with Gasteiger partial charge >= 0.3 is 10.2 Å². The predicted octanol–water partition coefficient (Wildman–Crippen LogP) is 4.18. The lowest BCUT2D eigenvalue weighted by atomic mass is 9.81. The Hall–Kier alpha value is -3.29. The highest BCUT2D eigenvalue weighted by molar-refractivity contribution is 7.90. The van der Waals surface area contributed by atoms with Crippen LogP contribution in [0.15, 0.2) is 97.7 Å². The van der Waals surface area contributed by atoms with Gasteiger partial charge in [0.05, 0.1) is 17.2 Å². The van der Waals surface area contributed by atoms with Gasteiger partial charge in [-0.1, -0.05) is 65.7 Å². The fraction of sp³-hybridized carbons (Fsp3) is 0.222. The van der Waals surface area contributed by atoms with E-state index < -0.39 is 20.2 Å². The van der Waals surface area contributed by atoms with Crippen molar-refractivity contribution in [2.24, 2.45) is 25.0 Å². The number of rotatable bonds is 7.